The van der Waals surface area contributed by atoms with Crippen molar-refractivity contribution < 1.29 is 4.74 Å². The summed E-state index contributed by atoms with van der Waals surface area (Å²) in [5.41, 5.74) is 5.70. The van der Waals surface area contributed by atoms with Crippen LogP contribution in [-0.2, 0) is 19.4 Å². The molecule has 3 heterocycles. The van der Waals surface area contributed by atoms with Gasteiger partial charge in [-0.15, -0.1) is 0 Å². The zero-order chi connectivity index (χ0) is 20.4. The smallest absolute Gasteiger partial charge is 0.212 e. The molecule has 0 saturated heterocycles. The molecule has 4 rings (SSSR count). The van der Waals surface area contributed by atoms with Crippen molar-refractivity contribution in [2.45, 2.75) is 44.8 Å². The van der Waals surface area contributed by atoms with E-state index in [0.29, 0.717) is 17.8 Å². The van der Waals surface area contributed by atoms with Crippen LogP contribution in [-0.4, -0.2) is 38.5 Å². The topological polar surface area (TPSA) is 88.6 Å². The zero-order valence-electron chi connectivity index (χ0n) is 17.2. The molecule has 0 saturated carbocycles. The molecule has 0 aromatic carbocycles. The number of hydrogen-bond acceptors (Lipinski definition) is 7. The molecule has 0 unspecified atom stereocenters. The van der Waals surface area contributed by atoms with Gasteiger partial charge in [0, 0.05) is 36.1 Å². The van der Waals surface area contributed by atoms with Crippen molar-refractivity contribution in [3.05, 3.63) is 41.2 Å². The molecule has 29 heavy (non-hydrogen) atoms. The molecule has 3 aromatic rings. The minimum absolute atomic E-state index is 0.312. The van der Waals surface area contributed by atoms with Gasteiger partial charge >= 0.3 is 0 Å². The molecule has 0 fully saturated rings. The number of methoxy groups -OCH3 is 1. The van der Waals surface area contributed by atoms with Crippen LogP contribution < -0.4 is 10.1 Å². The fourth-order valence-corrected chi connectivity index (χ4v) is 4.00. The average molecular weight is 411 g/mol. The summed E-state index contributed by atoms with van der Waals surface area (Å²) in [5, 5.41) is 12.0. The summed E-state index contributed by atoms with van der Waals surface area (Å²) in [6.45, 7) is 5.24. The summed E-state index contributed by atoms with van der Waals surface area (Å²) < 4.78 is 5.11. The Hall–Kier alpha value is -2.61. The third kappa shape index (κ3) is 4.37. The Kier molecular flexibility index (Phi) is 5.45. The lowest BCUT2D eigenvalue weighted by atomic mass is 9.76. The highest BCUT2D eigenvalue weighted by molar-refractivity contribution is 7.98. The first-order valence-corrected chi connectivity index (χ1v) is 10.9. The van der Waals surface area contributed by atoms with Crippen molar-refractivity contribution in [3.8, 4) is 17.3 Å². The van der Waals surface area contributed by atoms with E-state index in [-0.39, 0.29) is 0 Å². The lowest BCUT2D eigenvalue weighted by Crippen LogP contribution is -2.22. The Morgan fingerprint density at radius 2 is 2.14 bits per heavy atom. The number of thioether (sulfide) groups is 1. The first kappa shape index (κ1) is 19.7. The number of aromatic amines is 1. The zero-order valence-corrected chi connectivity index (χ0v) is 18.1. The predicted octanol–water partition coefficient (Wildman–Crippen LogP) is 4.12. The van der Waals surface area contributed by atoms with Crippen molar-refractivity contribution in [1.29, 1.82) is 0 Å². The molecule has 3 aromatic heterocycles. The van der Waals surface area contributed by atoms with Gasteiger partial charge in [-0.2, -0.15) is 5.10 Å². The van der Waals surface area contributed by atoms with Gasteiger partial charge in [0.1, 0.15) is 11.5 Å². The van der Waals surface area contributed by atoms with E-state index < -0.39 is 0 Å². The van der Waals surface area contributed by atoms with Gasteiger partial charge in [0.15, 0.2) is 5.16 Å². The number of nitrogens with one attached hydrogen (secondary N) is 2. The number of hydrogen-bond donors (Lipinski definition) is 2. The molecule has 2 N–H and O–H groups in total. The highest BCUT2D eigenvalue weighted by Crippen LogP contribution is 2.37. The maximum Gasteiger partial charge on any atom is 0.212 e. The summed E-state index contributed by atoms with van der Waals surface area (Å²) in [5.74, 6) is 1.39. The third-order valence-electron chi connectivity index (χ3n) is 5.27. The molecular weight excluding hydrogens is 384 g/mol. The highest BCUT2D eigenvalue weighted by atomic mass is 32.2. The molecule has 0 radical (unpaired) electrons. The predicted molar refractivity (Wildman–Crippen MR) is 115 cm³/mol. The van der Waals surface area contributed by atoms with Gasteiger partial charge in [-0.05, 0) is 36.5 Å². The van der Waals surface area contributed by atoms with E-state index in [0.717, 1.165) is 47.2 Å². The first-order chi connectivity index (χ1) is 14.0. The van der Waals surface area contributed by atoms with Crippen LogP contribution in [0.25, 0.3) is 11.4 Å². The van der Waals surface area contributed by atoms with Gasteiger partial charge in [-0.3, -0.25) is 5.10 Å². The number of pyridine rings is 1. The van der Waals surface area contributed by atoms with Gasteiger partial charge < -0.3 is 10.1 Å². The quantitative estimate of drug-likeness (QED) is 0.467. The lowest BCUT2D eigenvalue weighted by Gasteiger charge is -2.29. The summed E-state index contributed by atoms with van der Waals surface area (Å²) in [6, 6.07) is 5.82. The van der Waals surface area contributed by atoms with Crippen molar-refractivity contribution in [1.82, 2.24) is 25.1 Å². The van der Waals surface area contributed by atoms with E-state index in [4.69, 9.17) is 9.72 Å². The van der Waals surface area contributed by atoms with Gasteiger partial charge in [-0.1, -0.05) is 31.7 Å². The Morgan fingerprint density at radius 3 is 2.86 bits per heavy atom. The van der Waals surface area contributed by atoms with Crippen LogP contribution >= 0.6 is 11.8 Å². The van der Waals surface area contributed by atoms with Gasteiger partial charge in [0.2, 0.25) is 5.88 Å². The number of aromatic nitrogens is 5. The van der Waals surface area contributed by atoms with E-state index >= 15 is 0 Å². The molecule has 1 aliphatic carbocycles. The van der Waals surface area contributed by atoms with E-state index in [1.54, 1.807) is 13.3 Å². The molecule has 0 spiro atoms. The SMILES string of the molecule is COc1ccc(CNc2cc(-c3n[nH]c4c3CCC(C)(C)C4)nc(SC)n2)cn1. The standard InChI is InChI=1S/C21H26N6OS/c1-21(2)8-7-14-16(10-21)26-27-19(14)15-9-17(25-20(24-15)29-4)22-11-13-5-6-18(28-3)23-12-13/h5-6,9,12H,7-8,10-11H2,1-4H3,(H,26,27)(H,22,24,25). The number of ether oxygens (including phenoxy) is 1. The molecule has 0 amide bonds. The van der Waals surface area contributed by atoms with Crippen LogP contribution in [0.3, 0.4) is 0 Å². The van der Waals surface area contributed by atoms with Crippen molar-refractivity contribution in [2.75, 3.05) is 18.7 Å². The summed E-state index contributed by atoms with van der Waals surface area (Å²) in [7, 11) is 1.61. The van der Waals surface area contributed by atoms with Gasteiger partial charge in [0.25, 0.3) is 0 Å². The van der Waals surface area contributed by atoms with Crippen LogP contribution in [0.1, 0.15) is 37.1 Å². The summed E-state index contributed by atoms with van der Waals surface area (Å²) in [6.07, 6.45) is 6.98. The second kappa shape index (κ2) is 8.02. The molecule has 1 aliphatic rings. The monoisotopic (exact) mass is 410 g/mol. The maximum absolute atomic E-state index is 5.11. The maximum atomic E-state index is 5.11. The van der Waals surface area contributed by atoms with Crippen molar-refractivity contribution in [3.63, 3.8) is 0 Å². The normalized spacial score (nSPS) is 15.0. The molecule has 8 heteroatoms. The van der Waals surface area contributed by atoms with Crippen LogP contribution in [0.15, 0.2) is 29.6 Å². The Labute approximate surface area is 175 Å². The minimum Gasteiger partial charge on any atom is -0.481 e. The van der Waals surface area contributed by atoms with E-state index in [2.05, 4.69) is 39.3 Å². The fraction of sp³-hybridized carbons (Fsp3) is 0.429. The van der Waals surface area contributed by atoms with Crippen LogP contribution in [0.4, 0.5) is 5.82 Å². The molecule has 7 nitrogen and oxygen atoms in total. The second-order valence-electron chi connectivity index (χ2n) is 8.06. The molecule has 0 aliphatic heterocycles. The summed E-state index contributed by atoms with van der Waals surface area (Å²) >= 11 is 1.53. The average Bonchev–Trinajstić information content (AvgIpc) is 3.14. The Bertz CT molecular complexity index is 999. The van der Waals surface area contributed by atoms with Crippen LogP contribution in [0, 0.1) is 5.41 Å². The van der Waals surface area contributed by atoms with Gasteiger partial charge in [0.05, 0.1) is 12.8 Å². The molecular formula is C21H26N6OS. The number of rotatable bonds is 6. The number of fused-ring (bicyclic) bond motifs is 1. The number of H-pyrrole nitrogens is 1. The van der Waals surface area contributed by atoms with Gasteiger partial charge in [-0.25, -0.2) is 15.0 Å². The second-order valence-corrected chi connectivity index (χ2v) is 8.83. The summed E-state index contributed by atoms with van der Waals surface area (Å²) in [4.78, 5) is 13.6. The molecule has 0 atom stereocenters. The number of anilines is 1. The van der Waals surface area contributed by atoms with E-state index in [1.165, 1.54) is 23.0 Å². The minimum atomic E-state index is 0.312. The lowest BCUT2D eigenvalue weighted by molar-refractivity contribution is 0.312. The van der Waals surface area contributed by atoms with E-state index in [1.807, 2.05) is 24.5 Å². The Morgan fingerprint density at radius 1 is 1.28 bits per heavy atom. The third-order valence-corrected chi connectivity index (χ3v) is 5.82. The van der Waals surface area contributed by atoms with Crippen molar-refractivity contribution in [2.24, 2.45) is 5.41 Å². The van der Waals surface area contributed by atoms with E-state index in [9.17, 15) is 0 Å². The number of nitrogens with zero attached hydrogens (tertiary/aromatic N) is 4. The van der Waals surface area contributed by atoms with Crippen molar-refractivity contribution >= 4 is 17.6 Å². The molecule has 0 bridgehead atoms. The fourth-order valence-electron chi connectivity index (χ4n) is 3.62. The highest BCUT2D eigenvalue weighted by Gasteiger charge is 2.29. The molecule has 152 valence electrons. The Balaban J connectivity index is 1.58. The first-order valence-electron chi connectivity index (χ1n) is 9.70. The van der Waals surface area contributed by atoms with Crippen LogP contribution in [0.5, 0.6) is 5.88 Å². The largest absolute Gasteiger partial charge is 0.481 e. The van der Waals surface area contributed by atoms with Crippen LogP contribution in [0.2, 0.25) is 0 Å².